The van der Waals surface area contributed by atoms with Crippen LogP contribution in [0.15, 0.2) is 33.6 Å². The van der Waals surface area contributed by atoms with E-state index in [2.05, 4.69) is 15.5 Å². The number of morpholine rings is 1. The molecule has 0 saturated carbocycles. The predicted molar refractivity (Wildman–Crippen MR) is 102 cm³/mol. The van der Waals surface area contributed by atoms with E-state index in [1.165, 1.54) is 28.6 Å². The number of aromatic nitrogens is 2. The van der Waals surface area contributed by atoms with Gasteiger partial charge < -0.3 is 9.15 Å². The van der Waals surface area contributed by atoms with Gasteiger partial charge in [0.15, 0.2) is 0 Å². The summed E-state index contributed by atoms with van der Waals surface area (Å²) in [6, 6.07) is 5.75. The Morgan fingerprint density at radius 2 is 1.75 bits per heavy atom. The molecule has 0 spiro atoms. The van der Waals surface area contributed by atoms with Crippen molar-refractivity contribution in [3.63, 3.8) is 0 Å². The number of hydrogen-bond acceptors (Lipinski definition) is 7. The summed E-state index contributed by atoms with van der Waals surface area (Å²) in [6.07, 6.45) is -0.345. The normalized spacial score (nSPS) is 21.0. The Morgan fingerprint density at radius 3 is 2.29 bits per heavy atom. The van der Waals surface area contributed by atoms with Gasteiger partial charge >= 0.3 is 6.01 Å². The molecule has 0 bridgehead atoms. The molecule has 0 radical (unpaired) electrons. The molecule has 9 nitrogen and oxygen atoms in total. The predicted octanol–water partition coefficient (Wildman–Crippen LogP) is 2.24. The molecule has 10 heteroatoms. The van der Waals surface area contributed by atoms with Gasteiger partial charge in [0.1, 0.15) is 0 Å². The minimum atomic E-state index is -3.65. The number of ether oxygens (including phenoxy) is 1. The molecular formula is C18H24N4O5S. The molecule has 1 amide bonds. The fraction of sp³-hybridized carbons (Fsp3) is 0.500. The minimum Gasteiger partial charge on any atom is -0.408 e. The molecule has 152 valence electrons. The van der Waals surface area contributed by atoms with E-state index in [-0.39, 0.29) is 34.6 Å². The second-order valence-corrected chi connectivity index (χ2v) is 9.10. The summed E-state index contributed by atoms with van der Waals surface area (Å²) in [5.74, 6) is 0.00972. The van der Waals surface area contributed by atoms with Crippen LogP contribution in [0.5, 0.6) is 0 Å². The largest absolute Gasteiger partial charge is 0.408 e. The summed E-state index contributed by atoms with van der Waals surface area (Å²) in [5.41, 5.74) is 0.284. The standard InChI is InChI=1S/C18H24N4O5S/c1-11(2)17-20-21-18(27-17)19-16(23)14-5-7-15(8-6-14)28(24,25)22-9-12(3)26-13(4)10-22/h5-8,11-13H,9-10H2,1-4H3,(H,19,21,23)/t12-,13-/m1/s1. The van der Waals surface area contributed by atoms with Crippen LogP contribution in [-0.2, 0) is 14.8 Å². The Hall–Kier alpha value is -2.30. The van der Waals surface area contributed by atoms with Crippen molar-refractivity contribution in [2.75, 3.05) is 18.4 Å². The molecule has 1 saturated heterocycles. The Kier molecular flexibility index (Phi) is 5.82. The van der Waals surface area contributed by atoms with E-state index < -0.39 is 15.9 Å². The van der Waals surface area contributed by atoms with E-state index in [1.807, 2.05) is 27.7 Å². The summed E-state index contributed by atoms with van der Waals surface area (Å²) in [4.78, 5) is 12.5. The van der Waals surface area contributed by atoms with Crippen molar-refractivity contribution in [1.29, 1.82) is 0 Å². The highest BCUT2D eigenvalue weighted by atomic mass is 32.2. The third-order valence-electron chi connectivity index (χ3n) is 4.30. The SMILES string of the molecule is CC(C)c1nnc(NC(=O)c2ccc(S(=O)(=O)N3C[C@@H](C)O[C@H](C)C3)cc2)o1. The number of nitrogens with one attached hydrogen (secondary N) is 1. The van der Waals surface area contributed by atoms with Crippen LogP contribution in [0.2, 0.25) is 0 Å². The number of nitrogens with zero attached hydrogens (tertiary/aromatic N) is 3. The van der Waals surface area contributed by atoms with Crippen LogP contribution in [0.4, 0.5) is 6.01 Å². The highest BCUT2D eigenvalue weighted by Crippen LogP contribution is 2.22. The molecule has 1 aromatic heterocycles. The fourth-order valence-corrected chi connectivity index (χ4v) is 4.53. The summed E-state index contributed by atoms with van der Waals surface area (Å²) in [6.45, 7) is 8.07. The minimum absolute atomic E-state index is 0.00156. The van der Waals surface area contributed by atoms with Crippen molar-refractivity contribution in [2.45, 2.75) is 50.7 Å². The molecule has 2 aromatic rings. The van der Waals surface area contributed by atoms with Crippen LogP contribution < -0.4 is 5.32 Å². The maximum absolute atomic E-state index is 12.9. The van der Waals surface area contributed by atoms with Crippen molar-refractivity contribution in [3.8, 4) is 0 Å². The number of sulfonamides is 1. The molecule has 1 aliphatic heterocycles. The molecule has 0 unspecified atom stereocenters. The molecule has 2 atom stereocenters. The smallest absolute Gasteiger partial charge is 0.322 e. The molecule has 1 fully saturated rings. The Balaban J connectivity index is 1.72. The highest BCUT2D eigenvalue weighted by molar-refractivity contribution is 7.89. The Bertz CT molecular complexity index is 929. The zero-order chi connectivity index (χ0) is 20.5. The lowest BCUT2D eigenvalue weighted by Crippen LogP contribution is -2.48. The van der Waals surface area contributed by atoms with Crippen molar-refractivity contribution in [1.82, 2.24) is 14.5 Å². The van der Waals surface area contributed by atoms with Gasteiger partial charge in [0, 0.05) is 24.6 Å². The average Bonchev–Trinajstić information content (AvgIpc) is 3.10. The van der Waals surface area contributed by atoms with E-state index in [0.717, 1.165) is 0 Å². The van der Waals surface area contributed by atoms with Gasteiger partial charge in [-0.2, -0.15) is 4.31 Å². The molecule has 1 aliphatic rings. The first kappa shape index (κ1) is 20.4. The first-order valence-corrected chi connectivity index (χ1v) is 10.5. The Morgan fingerprint density at radius 1 is 1.14 bits per heavy atom. The molecular weight excluding hydrogens is 384 g/mol. The first-order chi connectivity index (χ1) is 13.2. The number of carbonyl (C=O) groups excluding carboxylic acids is 1. The van der Waals surface area contributed by atoms with Crippen molar-refractivity contribution in [2.24, 2.45) is 0 Å². The third-order valence-corrected chi connectivity index (χ3v) is 6.14. The lowest BCUT2D eigenvalue weighted by molar-refractivity contribution is -0.0440. The molecule has 3 rings (SSSR count). The van der Waals surface area contributed by atoms with Crippen molar-refractivity contribution >= 4 is 21.9 Å². The number of anilines is 1. The fourth-order valence-electron chi connectivity index (χ4n) is 2.94. The Labute approximate surface area is 164 Å². The summed E-state index contributed by atoms with van der Waals surface area (Å²) < 4.78 is 38.1. The maximum Gasteiger partial charge on any atom is 0.322 e. The van der Waals surface area contributed by atoms with Crippen molar-refractivity contribution in [3.05, 3.63) is 35.7 Å². The molecule has 1 aromatic carbocycles. The number of carbonyl (C=O) groups is 1. The van der Waals surface area contributed by atoms with Gasteiger partial charge in [-0.3, -0.25) is 10.1 Å². The summed E-state index contributed by atoms with van der Waals surface area (Å²) >= 11 is 0. The number of rotatable bonds is 5. The van der Waals surface area contributed by atoms with E-state index in [1.54, 1.807) is 0 Å². The number of amides is 1. The van der Waals surface area contributed by atoms with Gasteiger partial charge in [0.25, 0.3) is 5.91 Å². The maximum atomic E-state index is 12.9. The van der Waals surface area contributed by atoms with Gasteiger partial charge in [0.2, 0.25) is 15.9 Å². The zero-order valence-corrected chi connectivity index (χ0v) is 17.1. The van der Waals surface area contributed by atoms with Crippen LogP contribution in [0.1, 0.15) is 49.9 Å². The summed E-state index contributed by atoms with van der Waals surface area (Å²) in [5, 5.41) is 10.1. The second-order valence-electron chi connectivity index (χ2n) is 7.16. The van der Waals surface area contributed by atoms with E-state index >= 15 is 0 Å². The third kappa shape index (κ3) is 4.40. The number of benzene rings is 1. The van der Waals surface area contributed by atoms with E-state index in [4.69, 9.17) is 9.15 Å². The number of hydrogen-bond donors (Lipinski definition) is 1. The highest BCUT2D eigenvalue weighted by Gasteiger charge is 2.32. The van der Waals surface area contributed by atoms with Crippen LogP contribution in [0.3, 0.4) is 0 Å². The topological polar surface area (TPSA) is 115 Å². The van der Waals surface area contributed by atoms with Gasteiger partial charge in [-0.05, 0) is 38.1 Å². The first-order valence-electron chi connectivity index (χ1n) is 9.07. The lowest BCUT2D eigenvalue weighted by atomic mass is 10.2. The molecule has 1 N–H and O–H groups in total. The van der Waals surface area contributed by atoms with Gasteiger partial charge in [-0.15, -0.1) is 5.10 Å². The average molecular weight is 408 g/mol. The molecule has 0 aliphatic carbocycles. The van der Waals surface area contributed by atoms with Crippen LogP contribution in [0, 0.1) is 0 Å². The van der Waals surface area contributed by atoms with E-state index in [0.29, 0.717) is 19.0 Å². The van der Waals surface area contributed by atoms with Crippen LogP contribution in [-0.4, -0.2) is 54.1 Å². The summed E-state index contributed by atoms with van der Waals surface area (Å²) in [7, 11) is -3.65. The quantitative estimate of drug-likeness (QED) is 0.807. The molecule has 2 heterocycles. The zero-order valence-electron chi connectivity index (χ0n) is 16.2. The van der Waals surface area contributed by atoms with Crippen LogP contribution in [0.25, 0.3) is 0 Å². The molecule has 28 heavy (non-hydrogen) atoms. The second kappa shape index (κ2) is 7.98. The van der Waals surface area contributed by atoms with Gasteiger partial charge in [-0.25, -0.2) is 8.42 Å². The van der Waals surface area contributed by atoms with Crippen LogP contribution >= 0.6 is 0 Å². The van der Waals surface area contributed by atoms with Crippen molar-refractivity contribution < 1.29 is 22.4 Å². The monoisotopic (exact) mass is 408 g/mol. The van der Waals surface area contributed by atoms with Gasteiger partial charge in [-0.1, -0.05) is 18.9 Å². The van der Waals surface area contributed by atoms with Gasteiger partial charge in [0.05, 0.1) is 17.1 Å². The van der Waals surface area contributed by atoms with E-state index in [9.17, 15) is 13.2 Å². The lowest BCUT2D eigenvalue weighted by Gasteiger charge is -2.34.